The molecule has 0 saturated carbocycles. The molecule has 188 valence electrons. The molecule has 0 saturated heterocycles. The van der Waals surface area contributed by atoms with E-state index in [4.69, 9.17) is 5.26 Å². The summed E-state index contributed by atoms with van der Waals surface area (Å²) in [6.07, 6.45) is 7.53. The highest BCUT2D eigenvalue weighted by molar-refractivity contribution is 5.69. The van der Waals surface area contributed by atoms with Crippen molar-refractivity contribution in [3.05, 3.63) is 71.8 Å². The summed E-state index contributed by atoms with van der Waals surface area (Å²) in [7, 11) is 0. The van der Waals surface area contributed by atoms with Crippen LogP contribution in [0.15, 0.2) is 60.7 Å². The summed E-state index contributed by atoms with van der Waals surface area (Å²) >= 11 is 0. The number of carboxylic acid groups (broad SMARTS) is 1. The maximum Gasteiger partial charge on any atom is 0.304 e. The van der Waals surface area contributed by atoms with Gasteiger partial charge in [-0.05, 0) is 48.6 Å². The molecule has 0 amide bonds. The molecule has 0 fully saturated rings. The van der Waals surface area contributed by atoms with Gasteiger partial charge in [-0.25, -0.2) is 4.89 Å². The van der Waals surface area contributed by atoms with Crippen molar-refractivity contribution >= 4 is 5.97 Å². The highest BCUT2D eigenvalue weighted by Crippen LogP contribution is 2.35. The molecule has 0 bridgehead atoms. The first-order chi connectivity index (χ1) is 16.3. The van der Waals surface area contributed by atoms with Crippen molar-refractivity contribution in [3.8, 4) is 0 Å². The molecule has 3 unspecified atom stereocenters. The van der Waals surface area contributed by atoms with Gasteiger partial charge in [0.2, 0.25) is 0 Å². The van der Waals surface area contributed by atoms with Crippen molar-refractivity contribution < 1.29 is 25.2 Å². The second-order valence-corrected chi connectivity index (χ2v) is 10.2. The molecular formula is C29H42O5. The Morgan fingerprint density at radius 3 is 1.74 bits per heavy atom. The fourth-order valence-electron chi connectivity index (χ4n) is 4.97. The van der Waals surface area contributed by atoms with Gasteiger partial charge in [-0.2, -0.15) is 0 Å². The SMILES string of the molecule is CC(CCCCC(O)CCCCC(C)(CC(=O)O)c1ccccc1)(CCOO)c1ccccc1. The van der Waals surface area contributed by atoms with Crippen LogP contribution in [-0.4, -0.2) is 34.2 Å². The number of benzene rings is 2. The lowest BCUT2D eigenvalue weighted by Gasteiger charge is -2.30. The highest BCUT2D eigenvalue weighted by Gasteiger charge is 2.29. The van der Waals surface area contributed by atoms with E-state index < -0.39 is 11.4 Å². The Hall–Kier alpha value is -2.21. The molecular weight excluding hydrogens is 428 g/mol. The van der Waals surface area contributed by atoms with Crippen LogP contribution in [0.25, 0.3) is 0 Å². The number of unbranched alkanes of at least 4 members (excludes halogenated alkanes) is 2. The summed E-state index contributed by atoms with van der Waals surface area (Å²) in [6.45, 7) is 4.54. The molecule has 5 nitrogen and oxygen atoms in total. The molecule has 0 radical (unpaired) electrons. The van der Waals surface area contributed by atoms with E-state index in [1.54, 1.807) is 0 Å². The highest BCUT2D eigenvalue weighted by atomic mass is 17.1. The summed E-state index contributed by atoms with van der Waals surface area (Å²) < 4.78 is 0. The van der Waals surface area contributed by atoms with Crippen LogP contribution in [0.2, 0.25) is 0 Å². The number of carboxylic acids is 1. The normalized spacial score (nSPS) is 15.9. The van der Waals surface area contributed by atoms with Gasteiger partial charge in [0.25, 0.3) is 0 Å². The first-order valence-electron chi connectivity index (χ1n) is 12.6. The van der Waals surface area contributed by atoms with Gasteiger partial charge in [-0.1, -0.05) is 100 Å². The standard InChI is InChI=1S/C29H42O5/c1-28(21-22-34-33,24-13-5-3-6-14-24)19-11-9-17-26(30)18-10-12-20-29(2,23-27(31)32)25-15-7-4-8-16-25/h3-8,13-16,26,30,33H,9-12,17-23H2,1-2H3,(H,31,32). The van der Waals surface area contributed by atoms with Crippen LogP contribution in [0.4, 0.5) is 0 Å². The lowest BCUT2D eigenvalue weighted by atomic mass is 9.75. The molecule has 3 N–H and O–H groups in total. The summed E-state index contributed by atoms with van der Waals surface area (Å²) in [5, 5.41) is 28.7. The van der Waals surface area contributed by atoms with Gasteiger partial charge in [0.1, 0.15) is 0 Å². The van der Waals surface area contributed by atoms with Crippen LogP contribution in [-0.2, 0) is 20.5 Å². The van der Waals surface area contributed by atoms with Crippen LogP contribution < -0.4 is 0 Å². The van der Waals surface area contributed by atoms with Gasteiger partial charge < -0.3 is 10.2 Å². The number of aliphatic carboxylic acids is 1. The monoisotopic (exact) mass is 470 g/mol. The van der Waals surface area contributed by atoms with Crippen LogP contribution in [0.1, 0.15) is 89.2 Å². The molecule has 2 rings (SSSR count). The van der Waals surface area contributed by atoms with Gasteiger partial charge in [0.05, 0.1) is 19.1 Å². The molecule has 2 aromatic carbocycles. The molecule has 0 aliphatic carbocycles. The second-order valence-electron chi connectivity index (χ2n) is 10.2. The third-order valence-electron chi connectivity index (χ3n) is 7.26. The van der Waals surface area contributed by atoms with E-state index >= 15 is 0 Å². The van der Waals surface area contributed by atoms with Crippen molar-refractivity contribution in [1.29, 1.82) is 0 Å². The number of rotatable bonds is 17. The van der Waals surface area contributed by atoms with Gasteiger partial charge in [-0.15, -0.1) is 0 Å². The van der Waals surface area contributed by atoms with E-state index in [1.807, 2.05) is 55.5 Å². The maximum atomic E-state index is 11.4. The predicted molar refractivity (Wildman–Crippen MR) is 136 cm³/mol. The Labute approximate surface area is 204 Å². The van der Waals surface area contributed by atoms with Crippen LogP contribution in [0.5, 0.6) is 0 Å². The summed E-state index contributed by atoms with van der Waals surface area (Å²) in [5.41, 5.74) is 1.85. The smallest absolute Gasteiger partial charge is 0.304 e. The molecule has 3 atom stereocenters. The van der Waals surface area contributed by atoms with E-state index in [9.17, 15) is 15.0 Å². The van der Waals surface area contributed by atoms with Gasteiger partial charge >= 0.3 is 5.97 Å². The lowest BCUT2D eigenvalue weighted by Crippen LogP contribution is -2.26. The summed E-state index contributed by atoms with van der Waals surface area (Å²) in [6, 6.07) is 20.2. The number of carbonyl (C=O) groups is 1. The molecule has 0 aliphatic heterocycles. The van der Waals surface area contributed by atoms with Crippen molar-refractivity contribution in [2.45, 2.75) is 95.0 Å². The zero-order valence-electron chi connectivity index (χ0n) is 20.8. The Morgan fingerprint density at radius 2 is 1.26 bits per heavy atom. The zero-order chi connectivity index (χ0) is 24.9. The third kappa shape index (κ3) is 9.21. The van der Waals surface area contributed by atoms with Crippen molar-refractivity contribution in [2.75, 3.05) is 6.61 Å². The first kappa shape index (κ1) is 28.0. The summed E-state index contributed by atoms with van der Waals surface area (Å²) in [4.78, 5) is 15.8. The third-order valence-corrected chi connectivity index (χ3v) is 7.26. The Bertz CT molecular complexity index is 825. The molecule has 5 heteroatoms. The number of hydrogen-bond donors (Lipinski definition) is 3. The van der Waals surface area contributed by atoms with E-state index in [0.717, 1.165) is 63.4 Å². The summed E-state index contributed by atoms with van der Waals surface area (Å²) in [5.74, 6) is -0.778. The Balaban J connectivity index is 1.74. The van der Waals surface area contributed by atoms with E-state index in [1.165, 1.54) is 5.56 Å². The fraction of sp³-hybridized carbons (Fsp3) is 0.552. The second kappa shape index (κ2) is 14.2. The van der Waals surface area contributed by atoms with Crippen molar-refractivity contribution in [2.24, 2.45) is 0 Å². The quantitative estimate of drug-likeness (QED) is 0.135. The lowest BCUT2D eigenvalue weighted by molar-refractivity contribution is -0.245. The predicted octanol–water partition coefficient (Wildman–Crippen LogP) is 6.74. The largest absolute Gasteiger partial charge is 0.481 e. The van der Waals surface area contributed by atoms with Crippen molar-refractivity contribution in [3.63, 3.8) is 0 Å². The van der Waals surface area contributed by atoms with Gasteiger partial charge in [0.15, 0.2) is 0 Å². The van der Waals surface area contributed by atoms with Crippen LogP contribution >= 0.6 is 0 Å². The molecule has 0 aliphatic rings. The topological polar surface area (TPSA) is 87.0 Å². The van der Waals surface area contributed by atoms with E-state index in [0.29, 0.717) is 6.61 Å². The fourth-order valence-corrected chi connectivity index (χ4v) is 4.97. The maximum absolute atomic E-state index is 11.4. The Kier molecular flexibility index (Phi) is 11.7. The van der Waals surface area contributed by atoms with Crippen molar-refractivity contribution in [1.82, 2.24) is 0 Å². The van der Waals surface area contributed by atoms with E-state index in [2.05, 4.69) is 23.9 Å². The number of aliphatic hydroxyl groups is 1. The molecule has 0 spiro atoms. The molecule has 2 aromatic rings. The molecule has 0 aromatic heterocycles. The van der Waals surface area contributed by atoms with E-state index in [-0.39, 0.29) is 17.9 Å². The van der Waals surface area contributed by atoms with Crippen LogP contribution in [0.3, 0.4) is 0 Å². The molecule has 0 heterocycles. The average molecular weight is 471 g/mol. The van der Waals surface area contributed by atoms with Crippen LogP contribution in [0, 0.1) is 0 Å². The van der Waals surface area contributed by atoms with Gasteiger partial charge in [0, 0.05) is 5.41 Å². The molecule has 34 heavy (non-hydrogen) atoms. The minimum Gasteiger partial charge on any atom is -0.481 e. The Morgan fingerprint density at radius 1 is 0.794 bits per heavy atom. The average Bonchev–Trinajstić information content (AvgIpc) is 2.84. The zero-order valence-corrected chi connectivity index (χ0v) is 20.8. The number of aliphatic hydroxyl groups excluding tert-OH is 1. The minimum absolute atomic E-state index is 0.0685. The minimum atomic E-state index is -0.778. The first-order valence-corrected chi connectivity index (χ1v) is 12.6. The number of hydrogen-bond acceptors (Lipinski definition) is 4. The van der Waals surface area contributed by atoms with Gasteiger partial charge in [-0.3, -0.25) is 10.1 Å².